The first kappa shape index (κ1) is 21.5. The van der Waals surface area contributed by atoms with Gasteiger partial charge in [0.1, 0.15) is 0 Å². The second-order valence-corrected chi connectivity index (χ2v) is 7.70. The Morgan fingerprint density at radius 1 is 1.20 bits per heavy atom. The molecule has 0 aliphatic rings. The number of carbonyl (C=O) groups excluding carboxylic acids is 2. The molecule has 1 unspecified atom stereocenters. The summed E-state index contributed by atoms with van der Waals surface area (Å²) in [5.41, 5.74) is 7.78. The zero-order valence-electron chi connectivity index (χ0n) is 17.4. The topological polar surface area (TPSA) is 122 Å². The van der Waals surface area contributed by atoms with Crippen LogP contribution in [0.5, 0.6) is 0 Å². The van der Waals surface area contributed by atoms with Crippen molar-refractivity contribution < 1.29 is 14.3 Å². The molecule has 158 valence electrons. The third kappa shape index (κ3) is 5.03. The van der Waals surface area contributed by atoms with E-state index in [9.17, 15) is 9.59 Å². The summed E-state index contributed by atoms with van der Waals surface area (Å²) in [5, 5.41) is 13.6. The molecule has 2 aromatic carbocycles. The van der Waals surface area contributed by atoms with E-state index in [0.29, 0.717) is 23.4 Å². The molecule has 3 aromatic rings. The molecule has 1 aromatic heterocycles. The lowest BCUT2D eigenvalue weighted by Crippen LogP contribution is -2.50. The zero-order valence-corrected chi connectivity index (χ0v) is 17.4. The van der Waals surface area contributed by atoms with E-state index in [4.69, 9.17) is 10.5 Å². The molecule has 2 amide bonds. The molecule has 1 heterocycles. The highest BCUT2D eigenvalue weighted by atomic mass is 16.5. The maximum absolute atomic E-state index is 12.5. The lowest BCUT2D eigenvalue weighted by molar-refractivity contribution is -0.126. The van der Waals surface area contributed by atoms with Crippen LogP contribution in [0.15, 0.2) is 48.5 Å². The van der Waals surface area contributed by atoms with Gasteiger partial charge >= 0.3 is 0 Å². The Hall–Kier alpha value is -3.23. The number of ether oxygens (including phenoxy) is 1. The van der Waals surface area contributed by atoms with Crippen LogP contribution >= 0.6 is 0 Å². The van der Waals surface area contributed by atoms with Crippen molar-refractivity contribution in [1.82, 2.24) is 20.8 Å². The van der Waals surface area contributed by atoms with Gasteiger partial charge in [0, 0.05) is 18.0 Å². The first-order valence-electron chi connectivity index (χ1n) is 9.71. The van der Waals surface area contributed by atoms with Crippen molar-refractivity contribution in [1.29, 1.82) is 0 Å². The van der Waals surface area contributed by atoms with Crippen molar-refractivity contribution in [2.75, 3.05) is 13.7 Å². The third-order valence-electron chi connectivity index (χ3n) is 4.71. The molecule has 0 aliphatic carbocycles. The monoisotopic (exact) mass is 409 g/mol. The number of aromatic nitrogens is 2. The second kappa shape index (κ2) is 9.06. The minimum Gasteiger partial charge on any atom is -0.374 e. The first-order chi connectivity index (χ1) is 14.3. The number of hydrogen-bond donors (Lipinski definition) is 4. The highest BCUT2D eigenvalue weighted by Crippen LogP contribution is 2.24. The van der Waals surface area contributed by atoms with Crippen LogP contribution in [0.2, 0.25) is 0 Å². The smallest absolute Gasteiger partial charge is 0.251 e. The maximum Gasteiger partial charge on any atom is 0.251 e. The summed E-state index contributed by atoms with van der Waals surface area (Å²) in [5.74, 6) is -0.497. The van der Waals surface area contributed by atoms with Gasteiger partial charge in [-0.3, -0.25) is 14.7 Å². The van der Waals surface area contributed by atoms with E-state index in [1.54, 1.807) is 33.0 Å². The number of rotatable bonds is 8. The van der Waals surface area contributed by atoms with E-state index < -0.39 is 11.6 Å². The first-order valence-corrected chi connectivity index (χ1v) is 9.71. The quantitative estimate of drug-likeness (QED) is 0.453. The number of hydrogen-bond acceptors (Lipinski definition) is 5. The number of benzene rings is 2. The molecule has 8 nitrogen and oxygen atoms in total. The standard InChI is InChI=1S/C22H27N5O3/c1-22(2,23)21(29)25-18(13-30-12-14-7-5-4-6-8-14)19-16-10-9-15(20(28)24-3)11-17(16)26-27-19/h4-11,18H,12-13,23H2,1-3H3,(H,24,28)(H,25,29)(H,26,27). The summed E-state index contributed by atoms with van der Waals surface area (Å²) in [4.78, 5) is 24.4. The Balaban J connectivity index is 1.85. The molecule has 5 N–H and O–H groups in total. The van der Waals surface area contributed by atoms with Gasteiger partial charge in [0.15, 0.2) is 0 Å². The summed E-state index contributed by atoms with van der Waals surface area (Å²) in [6.45, 7) is 3.92. The number of nitrogens with zero attached hydrogens (tertiary/aromatic N) is 1. The van der Waals surface area contributed by atoms with Crippen molar-refractivity contribution in [3.05, 3.63) is 65.4 Å². The van der Waals surface area contributed by atoms with E-state index in [2.05, 4.69) is 20.8 Å². The van der Waals surface area contributed by atoms with E-state index in [1.807, 2.05) is 36.4 Å². The summed E-state index contributed by atoms with van der Waals surface area (Å²) < 4.78 is 5.88. The van der Waals surface area contributed by atoms with Crippen LogP contribution in [-0.2, 0) is 16.1 Å². The molecule has 8 heteroatoms. The average Bonchev–Trinajstić information content (AvgIpc) is 3.15. The fourth-order valence-electron chi connectivity index (χ4n) is 2.99. The molecule has 0 radical (unpaired) electrons. The molecule has 0 spiro atoms. The summed E-state index contributed by atoms with van der Waals surface area (Å²) in [7, 11) is 1.58. The van der Waals surface area contributed by atoms with Crippen LogP contribution in [0.1, 0.15) is 41.5 Å². The van der Waals surface area contributed by atoms with Gasteiger partial charge in [0.2, 0.25) is 5.91 Å². The van der Waals surface area contributed by atoms with Gasteiger partial charge in [-0.2, -0.15) is 5.10 Å². The Morgan fingerprint density at radius 3 is 2.60 bits per heavy atom. The third-order valence-corrected chi connectivity index (χ3v) is 4.71. The fraction of sp³-hybridized carbons (Fsp3) is 0.318. The van der Waals surface area contributed by atoms with Gasteiger partial charge in [0.25, 0.3) is 5.91 Å². The summed E-state index contributed by atoms with van der Waals surface area (Å²) in [6, 6.07) is 14.5. The van der Waals surface area contributed by atoms with Crippen LogP contribution in [0.3, 0.4) is 0 Å². The SMILES string of the molecule is CNC(=O)c1ccc2c(C(COCc3ccccc3)NC(=O)C(C)(C)N)[nH]nc2c1. The molecule has 30 heavy (non-hydrogen) atoms. The Kier molecular flexibility index (Phi) is 6.49. The van der Waals surface area contributed by atoms with Crippen LogP contribution in [0.25, 0.3) is 10.9 Å². The normalized spacial score (nSPS) is 12.5. The molecule has 0 bridgehead atoms. The van der Waals surface area contributed by atoms with Crippen LogP contribution in [0, 0.1) is 0 Å². The van der Waals surface area contributed by atoms with Crippen molar-refractivity contribution in [3.63, 3.8) is 0 Å². The van der Waals surface area contributed by atoms with Gasteiger partial charge in [0.05, 0.1) is 36.0 Å². The molecule has 0 fully saturated rings. The number of aromatic amines is 1. The molecular formula is C22H27N5O3. The van der Waals surface area contributed by atoms with E-state index in [0.717, 1.165) is 10.9 Å². The fourth-order valence-corrected chi connectivity index (χ4v) is 2.99. The van der Waals surface area contributed by atoms with Crippen LogP contribution in [0.4, 0.5) is 0 Å². The second-order valence-electron chi connectivity index (χ2n) is 7.70. The predicted molar refractivity (Wildman–Crippen MR) is 115 cm³/mol. The number of carbonyl (C=O) groups is 2. The Morgan fingerprint density at radius 2 is 1.93 bits per heavy atom. The number of amides is 2. The molecular weight excluding hydrogens is 382 g/mol. The molecule has 0 saturated carbocycles. The van der Waals surface area contributed by atoms with Gasteiger partial charge in [-0.15, -0.1) is 0 Å². The molecule has 0 saturated heterocycles. The highest BCUT2D eigenvalue weighted by Gasteiger charge is 2.27. The number of H-pyrrole nitrogens is 1. The number of nitrogens with one attached hydrogen (secondary N) is 3. The summed E-state index contributed by atoms with van der Waals surface area (Å²) in [6.07, 6.45) is 0. The van der Waals surface area contributed by atoms with E-state index >= 15 is 0 Å². The average molecular weight is 409 g/mol. The van der Waals surface area contributed by atoms with E-state index in [1.165, 1.54) is 0 Å². The van der Waals surface area contributed by atoms with E-state index in [-0.39, 0.29) is 18.4 Å². The Bertz CT molecular complexity index is 1020. The van der Waals surface area contributed by atoms with Crippen molar-refractivity contribution in [2.45, 2.75) is 32.0 Å². The predicted octanol–water partition coefficient (Wildman–Crippen LogP) is 2.03. The molecule has 1 atom stereocenters. The molecule has 3 rings (SSSR count). The maximum atomic E-state index is 12.5. The van der Waals surface area contributed by atoms with Gasteiger partial charge < -0.3 is 21.1 Å². The van der Waals surface area contributed by atoms with Crippen molar-refractivity contribution in [2.24, 2.45) is 5.73 Å². The van der Waals surface area contributed by atoms with Gasteiger partial charge in [-0.05, 0) is 31.5 Å². The van der Waals surface area contributed by atoms with Gasteiger partial charge in [-0.25, -0.2) is 0 Å². The Labute approximate surface area is 175 Å². The zero-order chi connectivity index (χ0) is 21.7. The number of fused-ring (bicyclic) bond motifs is 1. The highest BCUT2D eigenvalue weighted by molar-refractivity contribution is 5.98. The minimum atomic E-state index is -1.04. The van der Waals surface area contributed by atoms with Crippen LogP contribution in [-0.4, -0.2) is 41.2 Å². The lowest BCUT2D eigenvalue weighted by atomic mass is 10.0. The minimum absolute atomic E-state index is 0.192. The van der Waals surface area contributed by atoms with Crippen molar-refractivity contribution in [3.8, 4) is 0 Å². The van der Waals surface area contributed by atoms with Gasteiger partial charge in [-0.1, -0.05) is 36.4 Å². The lowest BCUT2D eigenvalue weighted by Gasteiger charge is -2.24. The van der Waals surface area contributed by atoms with Crippen molar-refractivity contribution >= 4 is 22.7 Å². The number of nitrogens with two attached hydrogens (primary N) is 1. The summed E-state index contributed by atoms with van der Waals surface area (Å²) >= 11 is 0. The molecule has 0 aliphatic heterocycles. The largest absolute Gasteiger partial charge is 0.374 e. The van der Waals surface area contributed by atoms with Crippen LogP contribution < -0.4 is 16.4 Å².